The van der Waals surface area contributed by atoms with Crippen LogP contribution in [0, 0.1) is 6.92 Å². The van der Waals surface area contributed by atoms with Gasteiger partial charge in [0.1, 0.15) is 5.69 Å². The van der Waals surface area contributed by atoms with E-state index in [0.29, 0.717) is 10.7 Å². The minimum atomic E-state index is -0.223. The van der Waals surface area contributed by atoms with Gasteiger partial charge in [-0.25, -0.2) is 0 Å². The van der Waals surface area contributed by atoms with Gasteiger partial charge in [-0.3, -0.25) is 14.8 Å². The van der Waals surface area contributed by atoms with E-state index in [1.165, 1.54) is 0 Å². The number of hydrogen-bond donors (Lipinski definition) is 2. The molecule has 0 saturated heterocycles. The SMILES string of the molecule is C=C(C)/C=C(/Nc1c(Cl)c(C)nc2ccc(-c3ccc(C(=O)NC)nc3)cc12)C(=C)C. The smallest absolute Gasteiger partial charge is 0.269 e. The molecule has 0 bridgehead atoms. The highest BCUT2D eigenvalue weighted by molar-refractivity contribution is 6.35. The number of benzene rings is 1. The lowest BCUT2D eigenvalue weighted by atomic mass is 10.0. The first kappa shape index (κ1) is 22.2. The number of allylic oxidation sites excluding steroid dienone is 3. The van der Waals surface area contributed by atoms with Crippen LogP contribution in [0.15, 0.2) is 72.6 Å². The van der Waals surface area contributed by atoms with Crippen molar-refractivity contribution in [3.05, 3.63) is 89.0 Å². The molecule has 0 unspecified atom stereocenters. The number of amides is 1. The molecule has 0 spiro atoms. The minimum absolute atomic E-state index is 0.223. The van der Waals surface area contributed by atoms with Gasteiger partial charge in [0.2, 0.25) is 0 Å². The van der Waals surface area contributed by atoms with Crippen molar-refractivity contribution >= 4 is 34.1 Å². The molecule has 0 aliphatic heterocycles. The van der Waals surface area contributed by atoms with Crippen molar-refractivity contribution in [2.75, 3.05) is 12.4 Å². The summed E-state index contributed by atoms with van der Waals surface area (Å²) >= 11 is 6.67. The van der Waals surface area contributed by atoms with Gasteiger partial charge in [-0.05, 0) is 56.2 Å². The van der Waals surface area contributed by atoms with Crippen LogP contribution in [-0.2, 0) is 0 Å². The van der Waals surface area contributed by atoms with Crippen LogP contribution in [0.3, 0.4) is 0 Å². The Labute approximate surface area is 187 Å². The molecule has 31 heavy (non-hydrogen) atoms. The van der Waals surface area contributed by atoms with E-state index < -0.39 is 0 Å². The van der Waals surface area contributed by atoms with E-state index in [9.17, 15) is 4.79 Å². The zero-order chi connectivity index (χ0) is 22.7. The van der Waals surface area contributed by atoms with E-state index in [0.717, 1.165) is 50.3 Å². The summed E-state index contributed by atoms with van der Waals surface area (Å²) in [6.45, 7) is 13.8. The molecule has 0 aliphatic rings. The molecule has 1 aromatic carbocycles. The van der Waals surface area contributed by atoms with Crippen molar-refractivity contribution in [2.45, 2.75) is 20.8 Å². The Bertz CT molecular complexity index is 1230. The topological polar surface area (TPSA) is 66.9 Å². The van der Waals surface area contributed by atoms with Gasteiger partial charge in [-0.2, -0.15) is 0 Å². The molecule has 2 heterocycles. The van der Waals surface area contributed by atoms with Crippen LogP contribution in [-0.4, -0.2) is 22.9 Å². The van der Waals surface area contributed by atoms with E-state index in [1.54, 1.807) is 19.3 Å². The lowest BCUT2D eigenvalue weighted by Gasteiger charge is -2.17. The van der Waals surface area contributed by atoms with Crippen molar-refractivity contribution in [3.8, 4) is 11.1 Å². The normalized spacial score (nSPS) is 11.3. The van der Waals surface area contributed by atoms with Gasteiger partial charge in [0, 0.05) is 29.9 Å². The molecular formula is C25H25ClN4O. The van der Waals surface area contributed by atoms with Crippen molar-refractivity contribution in [2.24, 2.45) is 0 Å². The standard InChI is InChI=1S/C25H25ClN4O/c1-14(2)11-22(15(3)4)30-24-19-12-17(7-9-20(19)29-16(5)23(24)26)18-8-10-21(28-13-18)25(31)27-6/h7-13H,1,3H2,2,4-6H3,(H,27,31)(H,29,30)/b22-11+. The fraction of sp³-hybridized carbons (Fsp3) is 0.160. The van der Waals surface area contributed by atoms with Crippen LogP contribution in [0.2, 0.25) is 5.02 Å². The van der Waals surface area contributed by atoms with Crippen LogP contribution in [0.25, 0.3) is 22.0 Å². The number of rotatable bonds is 6. The maximum Gasteiger partial charge on any atom is 0.269 e. The first-order chi connectivity index (χ1) is 14.7. The number of fused-ring (bicyclic) bond motifs is 1. The number of aromatic nitrogens is 2. The number of halogens is 1. The lowest BCUT2D eigenvalue weighted by molar-refractivity contribution is 0.0958. The minimum Gasteiger partial charge on any atom is -0.354 e. The van der Waals surface area contributed by atoms with Crippen molar-refractivity contribution < 1.29 is 4.79 Å². The predicted molar refractivity (Wildman–Crippen MR) is 129 cm³/mol. The van der Waals surface area contributed by atoms with E-state index in [-0.39, 0.29) is 5.91 Å². The van der Waals surface area contributed by atoms with E-state index in [2.05, 4.69) is 33.8 Å². The monoisotopic (exact) mass is 432 g/mol. The summed E-state index contributed by atoms with van der Waals surface area (Å²) in [5, 5.41) is 7.43. The first-order valence-corrected chi connectivity index (χ1v) is 10.2. The van der Waals surface area contributed by atoms with Gasteiger partial charge in [-0.15, -0.1) is 0 Å². The molecule has 6 heteroatoms. The zero-order valence-corrected chi connectivity index (χ0v) is 18.9. The fourth-order valence-corrected chi connectivity index (χ4v) is 3.33. The Morgan fingerprint density at radius 1 is 1.13 bits per heavy atom. The highest BCUT2D eigenvalue weighted by atomic mass is 35.5. The Kier molecular flexibility index (Phi) is 6.56. The number of nitrogens with one attached hydrogen (secondary N) is 2. The Morgan fingerprint density at radius 2 is 1.84 bits per heavy atom. The van der Waals surface area contributed by atoms with Gasteiger partial charge in [0.15, 0.2) is 0 Å². The van der Waals surface area contributed by atoms with E-state index in [4.69, 9.17) is 11.6 Å². The summed E-state index contributed by atoms with van der Waals surface area (Å²) in [4.78, 5) is 20.7. The third kappa shape index (κ3) is 4.84. The summed E-state index contributed by atoms with van der Waals surface area (Å²) < 4.78 is 0. The number of aryl methyl sites for hydroxylation is 1. The van der Waals surface area contributed by atoms with Crippen molar-refractivity contribution in [1.82, 2.24) is 15.3 Å². The van der Waals surface area contributed by atoms with Gasteiger partial charge >= 0.3 is 0 Å². The number of nitrogens with zero attached hydrogens (tertiary/aromatic N) is 2. The van der Waals surface area contributed by atoms with Gasteiger partial charge in [-0.1, -0.05) is 42.5 Å². The van der Waals surface area contributed by atoms with Crippen LogP contribution < -0.4 is 10.6 Å². The molecule has 5 nitrogen and oxygen atoms in total. The second-order valence-electron chi connectivity index (χ2n) is 7.44. The molecular weight excluding hydrogens is 408 g/mol. The summed E-state index contributed by atoms with van der Waals surface area (Å²) in [6.07, 6.45) is 3.62. The summed E-state index contributed by atoms with van der Waals surface area (Å²) in [7, 11) is 1.58. The Balaban J connectivity index is 2.14. The quantitative estimate of drug-likeness (QED) is 0.464. The second kappa shape index (κ2) is 9.14. The van der Waals surface area contributed by atoms with Crippen molar-refractivity contribution in [1.29, 1.82) is 0 Å². The third-order valence-electron chi connectivity index (χ3n) is 4.76. The largest absolute Gasteiger partial charge is 0.354 e. The second-order valence-corrected chi connectivity index (χ2v) is 7.82. The molecule has 0 atom stereocenters. The molecule has 2 N–H and O–H groups in total. The highest BCUT2D eigenvalue weighted by Crippen LogP contribution is 2.36. The lowest BCUT2D eigenvalue weighted by Crippen LogP contribution is -2.18. The zero-order valence-electron chi connectivity index (χ0n) is 18.1. The molecule has 0 radical (unpaired) electrons. The number of carbonyl (C=O) groups is 1. The van der Waals surface area contributed by atoms with Crippen LogP contribution in [0.1, 0.15) is 30.0 Å². The summed E-state index contributed by atoms with van der Waals surface area (Å²) in [5.74, 6) is -0.223. The highest BCUT2D eigenvalue weighted by Gasteiger charge is 2.14. The molecule has 2 aromatic heterocycles. The predicted octanol–water partition coefficient (Wildman–Crippen LogP) is 6.07. The van der Waals surface area contributed by atoms with E-state index in [1.807, 2.05) is 51.1 Å². The van der Waals surface area contributed by atoms with Gasteiger partial charge < -0.3 is 10.6 Å². The maximum atomic E-state index is 11.8. The molecule has 0 saturated carbocycles. The average molecular weight is 433 g/mol. The third-order valence-corrected chi connectivity index (χ3v) is 5.22. The van der Waals surface area contributed by atoms with Crippen LogP contribution >= 0.6 is 11.6 Å². The number of pyridine rings is 2. The maximum absolute atomic E-state index is 11.8. The molecule has 1 amide bonds. The van der Waals surface area contributed by atoms with Crippen LogP contribution in [0.5, 0.6) is 0 Å². The number of hydrogen-bond acceptors (Lipinski definition) is 4. The van der Waals surface area contributed by atoms with Gasteiger partial charge in [0.25, 0.3) is 5.91 Å². The van der Waals surface area contributed by atoms with Crippen LogP contribution in [0.4, 0.5) is 5.69 Å². The summed E-state index contributed by atoms with van der Waals surface area (Å²) in [5.41, 5.74) is 7.11. The molecule has 0 aliphatic carbocycles. The van der Waals surface area contributed by atoms with E-state index >= 15 is 0 Å². The average Bonchev–Trinajstić information content (AvgIpc) is 2.75. The first-order valence-electron chi connectivity index (χ1n) is 9.79. The molecule has 3 rings (SSSR count). The fourth-order valence-electron chi connectivity index (χ4n) is 3.14. The Morgan fingerprint density at radius 3 is 2.42 bits per heavy atom. The Hall–Kier alpha value is -3.44. The molecule has 158 valence electrons. The van der Waals surface area contributed by atoms with Crippen molar-refractivity contribution in [3.63, 3.8) is 0 Å². The molecule has 3 aromatic rings. The molecule has 0 fully saturated rings. The van der Waals surface area contributed by atoms with Gasteiger partial charge in [0.05, 0.1) is 21.9 Å². The summed E-state index contributed by atoms with van der Waals surface area (Å²) in [6, 6.07) is 9.52. The number of carbonyl (C=O) groups excluding carboxylic acids is 1. The number of anilines is 1.